The van der Waals surface area contributed by atoms with E-state index in [1.807, 2.05) is 36.4 Å². The number of Topliss-reactive ketones (excluding diaryl/α,β-unsaturated/α-hetero) is 1. The van der Waals surface area contributed by atoms with Crippen molar-refractivity contribution in [3.8, 4) is 11.5 Å². The minimum atomic E-state index is -1.96. The van der Waals surface area contributed by atoms with Crippen molar-refractivity contribution in [3.05, 3.63) is 87.9 Å². The van der Waals surface area contributed by atoms with Crippen molar-refractivity contribution in [2.45, 2.75) is 18.6 Å². The lowest BCUT2D eigenvalue weighted by Gasteiger charge is -2.23. The number of hydrogen-bond acceptors (Lipinski definition) is 5. The number of amides is 1. The van der Waals surface area contributed by atoms with E-state index in [4.69, 9.17) is 9.47 Å². The Balaban J connectivity index is 1.48. The maximum atomic E-state index is 13.5. The van der Waals surface area contributed by atoms with E-state index in [1.165, 1.54) is 4.90 Å². The Morgan fingerprint density at radius 3 is 2.53 bits per heavy atom. The van der Waals surface area contributed by atoms with Crippen LogP contribution in [0.5, 0.6) is 11.5 Å². The van der Waals surface area contributed by atoms with Gasteiger partial charge in [0, 0.05) is 15.6 Å². The number of aliphatic hydroxyl groups is 1. The first-order valence-electron chi connectivity index (χ1n) is 10.3. The second-order valence-corrected chi connectivity index (χ2v) is 8.77. The SMILES string of the molecule is O=C(C[C@@]1(O)C(=O)N(Cc2ccccc2)c2ccc(Br)cc21)c1ccc2c(c1)OCCO2. The molecule has 5 rings (SSSR count). The van der Waals surface area contributed by atoms with E-state index in [2.05, 4.69) is 15.9 Å². The van der Waals surface area contributed by atoms with Crippen LogP contribution in [0.4, 0.5) is 5.69 Å². The molecule has 0 saturated carbocycles. The largest absolute Gasteiger partial charge is 0.486 e. The Kier molecular flexibility index (Phi) is 5.23. The fourth-order valence-corrected chi connectivity index (χ4v) is 4.53. The third kappa shape index (κ3) is 3.57. The summed E-state index contributed by atoms with van der Waals surface area (Å²) in [6.07, 6.45) is -0.375. The smallest absolute Gasteiger partial charge is 0.264 e. The monoisotopic (exact) mass is 493 g/mol. The molecule has 0 unspecified atom stereocenters. The lowest BCUT2D eigenvalue weighted by atomic mass is 9.88. The highest BCUT2D eigenvalue weighted by Crippen LogP contribution is 2.45. The summed E-state index contributed by atoms with van der Waals surface area (Å²) in [5, 5.41) is 11.6. The molecule has 7 heteroatoms. The van der Waals surface area contributed by atoms with Gasteiger partial charge in [0.05, 0.1) is 18.7 Å². The summed E-state index contributed by atoms with van der Waals surface area (Å²) < 4.78 is 11.8. The van der Waals surface area contributed by atoms with Gasteiger partial charge in [0.15, 0.2) is 22.9 Å². The standard InChI is InChI=1S/C25H20BrNO5/c26-18-7-8-20-19(13-18)25(30,24(29)27(20)15-16-4-2-1-3-5-16)14-21(28)17-6-9-22-23(12-17)32-11-10-31-22/h1-9,12-13,30H,10-11,14-15H2/t25-/m0/s1. The van der Waals surface area contributed by atoms with Crippen molar-refractivity contribution in [2.75, 3.05) is 18.1 Å². The lowest BCUT2D eigenvalue weighted by Crippen LogP contribution is -2.41. The van der Waals surface area contributed by atoms with Crippen LogP contribution >= 0.6 is 15.9 Å². The van der Waals surface area contributed by atoms with E-state index in [1.54, 1.807) is 30.3 Å². The van der Waals surface area contributed by atoms with Crippen LogP contribution in [-0.2, 0) is 16.9 Å². The Hall–Kier alpha value is -3.16. The van der Waals surface area contributed by atoms with Gasteiger partial charge in [-0.1, -0.05) is 46.3 Å². The minimum Gasteiger partial charge on any atom is -0.486 e. The molecule has 3 aromatic carbocycles. The van der Waals surface area contributed by atoms with E-state index in [-0.39, 0.29) is 12.2 Å². The number of carbonyl (C=O) groups excluding carboxylic acids is 2. The molecule has 162 valence electrons. The molecule has 2 heterocycles. The predicted molar refractivity (Wildman–Crippen MR) is 122 cm³/mol. The molecular formula is C25H20BrNO5. The average Bonchev–Trinajstić information content (AvgIpc) is 3.00. The number of anilines is 1. The van der Waals surface area contributed by atoms with Crippen LogP contribution in [0.2, 0.25) is 0 Å². The normalized spacial score (nSPS) is 19.1. The number of fused-ring (bicyclic) bond motifs is 2. The molecule has 0 aliphatic carbocycles. The van der Waals surface area contributed by atoms with Crippen molar-refractivity contribution < 1.29 is 24.2 Å². The second-order valence-electron chi connectivity index (χ2n) is 7.86. The Morgan fingerprint density at radius 1 is 1.00 bits per heavy atom. The van der Waals surface area contributed by atoms with Gasteiger partial charge in [-0.25, -0.2) is 0 Å². The summed E-state index contributed by atoms with van der Waals surface area (Å²) >= 11 is 3.42. The number of hydrogen-bond donors (Lipinski definition) is 1. The zero-order valence-corrected chi connectivity index (χ0v) is 18.7. The summed E-state index contributed by atoms with van der Waals surface area (Å²) in [7, 11) is 0. The number of carbonyl (C=O) groups is 2. The summed E-state index contributed by atoms with van der Waals surface area (Å²) in [5.41, 5.74) is 0.335. The van der Waals surface area contributed by atoms with Crippen LogP contribution < -0.4 is 14.4 Å². The quantitative estimate of drug-likeness (QED) is 0.538. The lowest BCUT2D eigenvalue weighted by molar-refractivity contribution is -0.136. The Morgan fingerprint density at radius 2 is 1.75 bits per heavy atom. The van der Waals surface area contributed by atoms with Crippen LogP contribution in [0, 0.1) is 0 Å². The molecule has 2 aliphatic heterocycles. The first kappa shape index (κ1) is 20.7. The molecule has 0 saturated heterocycles. The fraction of sp³-hybridized carbons (Fsp3) is 0.200. The van der Waals surface area contributed by atoms with E-state index in [0.717, 1.165) is 10.0 Å². The van der Waals surface area contributed by atoms with Crippen molar-refractivity contribution in [1.82, 2.24) is 0 Å². The maximum Gasteiger partial charge on any atom is 0.264 e. The second kappa shape index (κ2) is 8.07. The van der Waals surface area contributed by atoms with Crippen molar-refractivity contribution in [1.29, 1.82) is 0 Å². The summed E-state index contributed by atoms with van der Waals surface area (Å²) in [5.74, 6) is 0.193. The number of benzene rings is 3. The zero-order valence-electron chi connectivity index (χ0n) is 17.1. The van der Waals surface area contributed by atoms with Crippen LogP contribution in [0.3, 0.4) is 0 Å². The molecule has 0 radical (unpaired) electrons. The zero-order chi connectivity index (χ0) is 22.3. The van der Waals surface area contributed by atoms with Crippen molar-refractivity contribution in [3.63, 3.8) is 0 Å². The topological polar surface area (TPSA) is 76.1 Å². The Labute approximate surface area is 193 Å². The highest BCUT2D eigenvalue weighted by atomic mass is 79.9. The number of nitrogens with zero attached hydrogens (tertiary/aromatic N) is 1. The third-order valence-corrected chi connectivity index (χ3v) is 6.25. The van der Waals surface area contributed by atoms with Crippen LogP contribution in [0.1, 0.15) is 27.9 Å². The highest BCUT2D eigenvalue weighted by molar-refractivity contribution is 9.10. The summed E-state index contributed by atoms with van der Waals surface area (Å²) in [4.78, 5) is 28.2. The van der Waals surface area contributed by atoms with Gasteiger partial charge in [0.2, 0.25) is 0 Å². The van der Waals surface area contributed by atoms with Gasteiger partial charge in [-0.3, -0.25) is 9.59 Å². The average molecular weight is 494 g/mol. The predicted octanol–water partition coefficient (Wildman–Crippen LogP) is 4.23. The van der Waals surface area contributed by atoms with Gasteiger partial charge in [-0.15, -0.1) is 0 Å². The number of halogens is 1. The highest BCUT2D eigenvalue weighted by Gasteiger charge is 2.51. The molecule has 0 spiro atoms. The maximum absolute atomic E-state index is 13.5. The molecule has 0 fully saturated rings. The van der Waals surface area contributed by atoms with E-state index >= 15 is 0 Å². The van der Waals surface area contributed by atoms with Crippen LogP contribution in [0.15, 0.2) is 71.2 Å². The molecule has 1 N–H and O–H groups in total. The van der Waals surface area contributed by atoms with Gasteiger partial charge < -0.3 is 19.5 Å². The van der Waals surface area contributed by atoms with Gasteiger partial charge in [-0.05, 0) is 42.0 Å². The Bertz CT molecular complexity index is 1210. The van der Waals surface area contributed by atoms with Crippen molar-refractivity contribution >= 4 is 33.3 Å². The van der Waals surface area contributed by atoms with Gasteiger partial charge in [0.25, 0.3) is 5.91 Å². The summed E-state index contributed by atoms with van der Waals surface area (Å²) in [6, 6.07) is 19.8. The first-order chi connectivity index (χ1) is 15.5. The van der Waals surface area contributed by atoms with E-state index in [0.29, 0.717) is 48.1 Å². The van der Waals surface area contributed by atoms with Crippen LogP contribution in [0.25, 0.3) is 0 Å². The van der Waals surface area contributed by atoms with Gasteiger partial charge >= 0.3 is 0 Å². The number of rotatable bonds is 5. The molecule has 1 amide bonds. The number of ether oxygens (including phenoxy) is 2. The third-order valence-electron chi connectivity index (χ3n) is 5.76. The molecule has 0 bridgehead atoms. The minimum absolute atomic E-state index is 0.300. The molecule has 6 nitrogen and oxygen atoms in total. The molecule has 2 aliphatic rings. The van der Waals surface area contributed by atoms with E-state index in [9.17, 15) is 14.7 Å². The van der Waals surface area contributed by atoms with Crippen LogP contribution in [-0.4, -0.2) is 30.0 Å². The molecule has 1 atom stereocenters. The number of ketones is 1. The fourth-order valence-electron chi connectivity index (χ4n) is 4.17. The van der Waals surface area contributed by atoms with E-state index < -0.39 is 11.5 Å². The van der Waals surface area contributed by atoms with Crippen molar-refractivity contribution in [2.24, 2.45) is 0 Å². The molecule has 32 heavy (non-hydrogen) atoms. The molecule has 0 aromatic heterocycles. The molecule has 3 aromatic rings. The van der Waals surface area contributed by atoms with Gasteiger partial charge in [0.1, 0.15) is 13.2 Å². The molecular weight excluding hydrogens is 474 g/mol. The summed E-state index contributed by atoms with van der Waals surface area (Å²) in [6.45, 7) is 1.16. The first-order valence-corrected chi connectivity index (χ1v) is 11.1. The van der Waals surface area contributed by atoms with Gasteiger partial charge in [-0.2, -0.15) is 0 Å².